The molecule has 8 heteroatoms. The van der Waals surface area contributed by atoms with Gasteiger partial charge in [0, 0.05) is 11.5 Å². The van der Waals surface area contributed by atoms with E-state index in [-0.39, 0.29) is 5.88 Å². The summed E-state index contributed by atoms with van der Waals surface area (Å²) in [5.74, 6) is 2.68. The van der Waals surface area contributed by atoms with E-state index in [2.05, 4.69) is 26.7 Å². The maximum atomic E-state index is 9.78. The van der Waals surface area contributed by atoms with Crippen LogP contribution in [0.2, 0.25) is 0 Å². The van der Waals surface area contributed by atoms with E-state index in [1.54, 1.807) is 13.2 Å². The molecule has 0 saturated heterocycles. The van der Waals surface area contributed by atoms with Crippen molar-refractivity contribution in [2.45, 2.75) is 26.4 Å². The largest absolute Gasteiger partial charge is 0.497 e. The van der Waals surface area contributed by atoms with Crippen LogP contribution in [0.25, 0.3) is 10.8 Å². The summed E-state index contributed by atoms with van der Waals surface area (Å²) in [5.41, 5.74) is 0.626. The Hall–Kier alpha value is -3.73. The van der Waals surface area contributed by atoms with Crippen molar-refractivity contribution in [1.29, 1.82) is 5.26 Å². The molecule has 0 radical (unpaired) electrons. The van der Waals surface area contributed by atoms with Gasteiger partial charge in [-0.05, 0) is 38.5 Å². The van der Waals surface area contributed by atoms with E-state index in [1.807, 2.05) is 45.0 Å². The van der Waals surface area contributed by atoms with Gasteiger partial charge in [0.2, 0.25) is 11.8 Å². The lowest BCUT2D eigenvalue weighted by Crippen LogP contribution is -2.43. The van der Waals surface area contributed by atoms with Crippen molar-refractivity contribution in [1.82, 2.24) is 9.97 Å². The molecule has 30 heavy (non-hydrogen) atoms. The highest BCUT2D eigenvalue weighted by Gasteiger charge is 2.35. The molecule has 8 nitrogen and oxygen atoms in total. The first-order valence-corrected chi connectivity index (χ1v) is 9.78. The minimum atomic E-state index is -0.700. The van der Waals surface area contributed by atoms with Gasteiger partial charge in [0.15, 0.2) is 0 Å². The van der Waals surface area contributed by atoms with Crippen LogP contribution in [0, 0.1) is 11.3 Å². The topological polar surface area (TPSA) is 101 Å². The van der Waals surface area contributed by atoms with Gasteiger partial charge in [-0.25, -0.2) is 0 Å². The van der Waals surface area contributed by atoms with Gasteiger partial charge in [-0.3, -0.25) is 0 Å². The Labute approximate surface area is 174 Å². The summed E-state index contributed by atoms with van der Waals surface area (Å²) in [6.45, 7) is 6.61. The fraction of sp³-hybridized carbons (Fsp3) is 0.318. The first kappa shape index (κ1) is 19.6. The Morgan fingerprint density at radius 1 is 1.03 bits per heavy atom. The lowest BCUT2D eigenvalue weighted by atomic mass is 9.97. The summed E-state index contributed by atoms with van der Waals surface area (Å²) in [5, 5.41) is 18.1. The number of nitriles is 1. The summed E-state index contributed by atoms with van der Waals surface area (Å²) in [7, 11) is 1.63. The first-order valence-electron chi connectivity index (χ1n) is 9.78. The molecule has 0 aliphatic carbocycles. The summed E-state index contributed by atoms with van der Waals surface area (Å²) in [6.07, 6.45) is 0. The van der Waals surface area contributed by atoms with E-state index in [9.17, 15) is 5.26 Å². The predicted octanol–water partition coefficient (Wildman–Crippen LogP) is 4.02. The Bertz CT molecular complexity index is 1130. The third-order valence-corrected chi connectivity index (χ3v) is 5.02. The molecule has 154 valence electrons. The highest BCUT2D eigenvalue weighted by molar-refractivity contribution is 6.06. The van der Waals surface area contributed by atoms with Crippen molar-refractivity contribution in [3.63, 3.8) is 0 Å². The number of rotatable bonds is 6. The van der Waals surface area contributed by atoms with Gasteiger partial charge < -0.3 is 24.8 Å². The molecule has 1 aliphatic rings. The molecule has 0 spiro atoms. The van der Waals surface area contributed by atoms with Gasteiger partial charge in [-0.2, -0.15) is 15.2 Å². The van der Waals surface area contributed by atoms with Crippen LogP contribution in [0.15, 0.2) is 30.3 Å². The summed E-state index contributed by atoms with van der Waals surface area (Å²) in [4.78, 5) is 9.26. The lowest BCUT2D eigenvalue weighted by Gasteiger charge is -2.38. The molecule has 3 heterocycles. The van der Waals surface area contributed by atoms with Crippen molar-refractivity contribution in [3.05, 3.63) is 41.5 Å². The molecule has 0 saturated carbocycles. The zero-order valence-electron chi connectivity index (χ0n) is 17.4. The van der Waals surface area contributed by atoms with E-state index in [4.69, 9.17) is 14.2 Å². The Balaban J connectivity index is 1.92. The maximum Gasteiger partial charge on any atom is 0.234 e. The summed E-state index contributed by atoms with van der Waals surface area (Å²) in [6, 6.07) is 11.7. The Kier molecular flexibility index (Phi) is 4.96. The average molecular weight is 405 g/mol. The highest BCUT2D eigenvalue weighted by Crippen LogP contribution is 2.43. The number of nitrogens with one attached hydrogen (secondary N) is 2. The van der Waals surface area contributed by atoms with Crippen molar-refractivity contribution < 1.29 is 14.2 Å². The summed E-state index contributed by atoms with van der Waals surface area (Å²) >= 11 is 0. The van der Waals surface area contributed by atoms with Crippen molar-refractivity contribution >= 4 is 22.4 Å². The molecule has 1 unspecified atom stereocenters. The van der Waals surface area contributed by atoms with Gasteiger partial charge in [0.1, 0.15) is 34.7 Å². The number of hydrogen-bond donors (Lipinski definition) is 2. The zero-order chi connectivity index (χ0) is 21.3. The van der Waals surface area contributed by atoms with E-state index in [0.29, 0.717) is 41.7 Å². The predicted molar refractivity (Wildman–Crippen MR) is 114 cm³/mol. The fourth-order valence-electron chi connectivity index (χ4n) is 3.61. The molecular formula is C22H23N5O3. The summed E-state index contributed by atoms with van der Waals surface area (Å²) < 4.78 is 16.6. The number of ether oxygens (including phenoxy) is 3. The van der Waals surface area contributed by atoms with Crippen LogP contribution in [-0.4, -0.2) is 30.3 Å². The molecule has 1 aromatic carbocycles. The number of nitrogens with zero attached hydrogens (tertiary/aromatic N) is 3. The molecule has 3 aromatic rings. The van der Waals surface area contributed by atoms with Gasteiger partial charge in [-0.1, -0.05) is 12.1 Å². The second-order valence-electron chi connectivity index (χ2n) is 6.95. The smallest absolute Gasteiger partial charge is 0.234 e. The molecule has 4 rings (SSSR count). The minimum Gasteiger partial charge on any atom is -0.497 e. The van der Waals surface area contributed by atoms with Gasteiger partial charge >= 0.3 is 0 Å². The molecule has 1 atom stereocenters. The minimum absolute atomic E-state index is 0.286. The second kappa shape index (κ2) is 7.59. The lowest BCUT2D eigenvalue weighted by molar-refractivity contribution is 0.325. The van der Waals surface area contributed by atoms with Crippen LogP contribution < -0.4 is 24.8 Å². The molecular weight excluding hydrogens is 382 g/mol. The zero-order valence-corrected chi connectivity index (χ0v) is 17.4. The third-order valence-electron chi connectivity index (χ3n) is 5.02. The quantitative estimate of drug-likeness (QED) is 0.634. The average Bonchev–Trinajstić information content (AvgIpc) is 2.74. The number of hydrogen-bond acceptors (Lipinski definition) is 8. The Morgan fingerprint density at radius 2 is 1.70 bits per heavy atom. The third kappa shape index (κ3) is 3.18. The van der Waals surface area contributed by atoms with Gasteiger partial charge in [0.25, 0.3) is 0 Å². The normalized spacial score (nSPS) is 16.9. The second-order valence-corrected chi connectivity index (χ2v) is 6.95. The Morgan fingerprint density at radius 3 is 2.30 bits per heavy atom. The monoisotopic (exact) mass is 405 g/mol. The standard InChI is InChI=1S/C22H23N5O3/c1-5-29-17-11-15-16(12-23)21(30-6-2)25-20-18(15)19(24-17)26-22(3,27-20)13-7-9-14(28-4)10-8-13/h7-11H,5-6H2,1-4H3,(H,24,26)(H,25,27). The van der Waals surface area contributed by atoms with E-state index >= 15 is 0 Å². The van der Waals surface area contributed by atoms with Crippen molar-refractivity contribution in [2.75, 3.05) is 31.0 Å². The molecule has 2 N–H and O–H groups in total. The van der Waals surface area contributed by atoms with E-state index in [1.165, 1.54) is 0 Å². The van der Waals surface area contributed by atoms with Crippen LogP contribution >= 0.6 is 0 Å². The van der Waals surface area contributed by atoms with Crippen LogP contribution in [0.5, 0.6) is 17.5 Å². The number of methoxy groups -OCH3 is 1. The molecule has 1 aliphatic heterocycles. The van der Waals surface area contributed by atoms with Crippen LogP contribution in [0.4, 0.5) is 11.6 Å². The van der Waals surface area contributed by atoms with Crippen molar-refractivity contribution in [3.8, 4) is 23.6 Å². The van der Waals surface area contributed by atoms with Gasteiger partial charge in [0.05, 0.1) is 25.7 Å². The maximum absolute atomic E-state index is 9.78. The van der Waals surface area contributed by atoms with Gasteiger partial charge in [-0.15, -0.1) is 0 Å². The number of benzene rings is 1. The molecule has 0 bridgehead atoms. The van der Waals surface area contributed by atoms with E-state index in [0.717, 1.165) is 16.7 Å². The fourth-order valence-corrected chi connectivity index (χ4v) is 3.61. The van der Waals surface area contributed by atoms with E-state index < -0.39 is 5.66 Å². The van der Waals surface area contributed by atoms with Crippen LogP contribution in [-0.2, 0) is 5.66 Å². The molecule has 0 fully saturated rings. The highest BCUT2D eigenvalue weighted by atomic mass is 16.5. The number of pyridine rings is 2. The molecule has 2 aromatic heterocycles. The van der Waals surface area contributed by atoms with Crippen LogP contribution in [0.3, 0.4) is 0 Å². The number of aromatic nitrogens is 2. The van der Waals surface area contributed by atoms with Crippen molar-refractivity contribution in [2.24, 2.45) is 0 Å². The SMILES string of the molecule is CCOc1cc2c(C#N)c(OCC)nc3c2c(n1)NC(C)(c1ccc(OC)cc1)N3. The van der Waals surface area contributed by atoms with Crippen LogP contribution in [0.1, 0.15) is 31.9 Å². The molecule has 0 amide bonds. The first-order chi connectivity index (χ1) is 14.5. The number of anilines is 2.